The standard InChI is InChI=1S/C10H14N2O2/c1-6(2)7-4-8(10(11)13)12-9(5-7)14-3/h4-6H,1-3H3,(H2,11,13). The van der Waals surface area contributed by atoms with Crippen LogP contribution < -0.4 is 10.5 Å². The maximum Gasteiger partial charge on any atom is 0.267 e. The summed E-state index contributed by atoms with van der Waals surface area (Å²) in [4.78, 5) is 14.9. The van der Waals surface area contributed by atoms with Crippen LogP contribution in [0, 0.1) is 0 Å². The first-order valence-electron chi connectivity index (χ1n) is 4.40. The van der Waals surface area contributed by atoms with Crippen molar-refractivity contribution >= 4 is 5.91 Å². The highest BCUT2D eigenvalue weighted by Crippen LogP contribution is 2.19. The molecule has 1 rings (SSSR count). The Morgan fingerprint density at radius 2 is 2.14 bits per heavy atom. The molecular formula is C10H14N2O2. The molecule has 76 valence electrons. The molecule has 0 aromatic carbocycles. The van der Waals surface area contributed by atoms with E-state index in [1.807, 2.05) is 13.8 Å². The number of rotatable bonds is 3. The number of nitrogens with zero attached hydrogens (tertiary/aromatic N) is 1. The van der Waals surface area contributed by atoms with Crippen molar-refractivity contribution in [3.8, 4) is 5.88 Å². The Morgan fingerprint density at radius 3 is 2.57 bits per heavy atom. The van der Waals surface area contributed by atoms with Gasteiger partial charge >= 0.3 is 0 Å². The predicted molar refractivity (Wildman–Crippen MR) is 53.4 cm³/mol. The minimum atomic E-state index is -0.536. The zero-order chi connectivity index (χ0) is 10.7. The molecule has 0 radical (unpaired) electrons. The lowest BCUT2D eigenvalue weighted by Gasteiger charge is -2.08. The highest BCUT2D eigenvalue weighted by Gasteiger charge is 2.09. The fraction of sp³-hybridized carbons (Fsp3) is 0.400. The maximum atomic E-state index is 10.9. The molecule has 14 heavy (non-hydrogen) atoms. The van der Waals surface area contributed by atoms with Gasteiger partial charge in [-0.05, 0) is 17.5 Å². The minimum absolute atomic E-state index is 0.244. The monoisotopic (exact) mass is 194 g/mol. The highest BCUT2D eigenvalue weighted by molar-refractivity contribution is 5.91. The molecule has 0 atom stereocenters. The van der Waals surface area contributed by atoms with Gasteiger partial charge in [-0.1, -0.05) is 13.8 Å². The summed E-state index contributed by atoms with van der Waals surface area (Å²) in [5.41, 5.74) is 6.38. The van der Waals surface area contributed by atoms with Gasteiger partial charge in [0.25, 0.3) is 5.91 Å². The first-order chi connectivity index (χ1) is 6.54. The van der Waals surface area contributed by atoms with E-state index in [0.29, 0.717) is 11.8 Å². The second kappa shape index (κ2) is 4.09. The van der Waals surface area contributed by atoms with Crippen LogP contribution in [0.3, 0.4) is 0 Å². The smallest absolute Gasteiger partial charge is 0.267 e. The van der Waals surface area contributed by atoms with E-state index in [2.05, 4.69) is 4.98 Å². The van der Waals surface area contributed by atoms with Crippen LogP contribution in [-0.4, -0.2) is 18.0 Å². The van der Waals surface area contributed by atoms with Crippen LogP contribution in [0.1, 0.15) is 35.8 Å². The average molecular weight is 194 g/mol. The van der Waals surface area contributed by atoms with Crippen molar-refractivity contribution < 1.29 is 9.53 Å². The summed E-state index contributed by atoms with van der Waals surface area (Å²) in [5, 5.41) is 0. The minimum Gasteiger partial charge on any atom is -0.481 e. The third-order valence-corrected chi connectivity index (χ3v) is 1.95. The third-order valence-electron chi connectivity index (χ3n) is 1.95. The molecule has 0 aliphatic carbocycles. The molecule has 4 heteroatoms. The Balaban J connectivity index is 3.20. The predicted octanol–water partition coefficient (Wildman–Crippen LogP) is 1.31. The molecule has 0 fully saturated rings. The van der Waals surface area contributed by atoms with Crippen molar-refractivity contribution in [1.29, 1.82) is 0 Å². The number of carbonyl (C=O) groups is 1. The topological polar surface area (TPSA) is 65.2 Å². The van der Waals surface area contributed by atoms with Gasteiger partial charge in [-0.15, -0.1) is 0 Å². The average Bonchev–Trinajstić information content (AvgIpc) is 2.16. The zero-order valence-corrected chi connectivity index (χ0v) is 8.57. The van der Waals surface area contributed by atoms with E-state index < -0.39 is 5.91 Å². The van der Waals surface area contributed by atoms with Gasteiger partial charge in [0, 0.05) is 6.07 Å². The molecule has 0 spiro atoms. The SMILES string of the molecule is COc1cc(C(C)C)cc(C(N)=O)n1. The summed E-state index contributed by atoms with van der Waals surface area (Å²) in [6.45, 7) is 4.05. The summed E-state index contributed by atoms with van der Waals surface area (Å²) in [5.74, 6) is 0.195. The molecule has 0 saturated carbocycles. The fourth-order valence-electron chi connectivity index (χ4n) is 1.09. The molecule has 1 amide bonds. The molecule has 0 bridgehead atoms. The van der Waals surface area contributed by atoms with E-state index in [9.17, 15) is 4.79 Å². The van der Waals surface area contributed by atoms with Crippen LogP contribution in [0.25, 0.3) is 0 Å². The first kappa shape index (κ1) is 10.5. The Bertz CT molecular complexity index is 348. The fourth-order valence-corrected chi connectivity index (χ4v) is 1.09. The molecule has 1 aromatic heterocycles. The molecule has 0 aliphatic rings. The zero-order valence-electron chi connectivity index (χ0n) is 8.57. The summed E-state index contributed by atoms with van der Waals surface area (Å²) >= 11 is 0. The van der Waals surface area contributed by atoms with Crippen LogP contribution >= 0.6 is 0 Å². The summed E-state index contributed by atoms with van der Waals surface area (Å²) in [6.07, 6.45) is 0. The van der Waals surface area contributed by atoms with Gasteiger partial charge < -0.3 is 10.5 Å². The molecular weight excluding hydrogens is 180 g/mol. The van der Waals surface area contributed by atoms with Crippen molar-refractivity contribution in [2.45, 2.75) is 19.8 Å². The van der Waals surface area contributed by atoms with E-state index in [-0.39, 0.29) is 5.69 Å². The molecule has 2 N–H and O–H groups in total. The van der Waals surface area contributed by atoms with Crippen LogP contribution in [0.15, 0.2) is 12.1 Å². The van der Waals surface area contributed by atoms with Gasteiger partial charge in [-0.25, -0.2) is 4.98 Å². The summed E-state index contributed by atoms with van der Waals surface area (Å²) in [6, 6.07) is 3.49. The molecule has 4 nitrogen and oxygen atoms in total. The van der Waals surface area contributed by atoms with Crippen molar-refractivity contribution in [3.05, 3.63) is 23.4 Å². The Hall–Kier alpha value is -1.58. The van der Waals surface area contributed by atoms with E-state index in [0.717, 1.165) is 5.56 Å². The largest absolute Gasteiger partial charge is 0.481 e. The van der Waals surface area contributed by atoms with Gasteiger partial charge in [0.05, 0.1) is 7.11 Å². The Labute approximate surface area is 83.1 Å². The van der Waals surface area contributed by atoms with Gasteiger partial charge in [0.15, 0.2) is 0 Å². The summed E-state index contributed by atoms with van der Waals surface area (Å²) in [7, 11) is 1.51. The second-order valence-electron chi connectivity index (χ2n) is 3.35. The van der Waals surface area contributed by atoms with Gasteiger partial charge in [-0.2, -0.15) is 0 Å². The van der Waals surface area contributed by atoms with E-state index in [4.69, 9.17) is 10.5 Å². The molecule has 0 unspecified atom stereocenters. The van der Waals surface area contributed by atoms with Crippen LogP contribution in [-0.2, 0) is 0 Å². The lowest BCUT2D eigenvalue weighted by Crippen LogP contribution is -2.14. The van der Waals surface area contributed by atoms with Crippen molar-refractivity contribution in [2.24, 2.45) is 5.73 Å². The van der Waals surface area contributed by atoms with Gasteiger partial charge in [0.2, 0.25) is 5.88 Å². The van der Waals surface area contributed by atoms with Crippen molar-refractivity contribution in [3.63, 3.8) is 0 Å². The number of hydrogen-bond acceptors (Lipinski definition) is 3. The first-order valence-corrected chi connectivity index (χ1v) is 4.40. The normalized spacial score (nSPS) is 10.3. The molecule has 1 heterocycles. The van der Waals surface area contributed by atoms with E-state index >= 15 is 0 Å². The van der Waals surface area contributed by atoms with Crippen LogP contribution in [0.5, 0.6) is 5.88 Å². The number of methoxy groups -OCH3 is 1. The lowest BCUT2D eigenvalue weighted by atomic mass is 10.0. The maximum absolute atomic E-state index is 10.9. The summed E-state index contributed by atoms with van der Waals surface area (Å²) < 4.78 is 4.98. The Morgan fingerprint density at radius 1 is 1.50 bits per heavy atom. The number of primary amides is 1. The van der Waals surface area contributed by atoms with Crippen LogP contribution in [0.2, 0.25) is 0 Å². The molecule has 0 aliphatic heterocycles. The second-order valence-corrected chi connectivity index (χ2v) is 3.35. The number of ether oxygens (including phenoxy) is 1. The van der Waals surface area contributed by atoms with Gasteiger partial charge in [-0.3, -0.25) is 4.79 Å². The number of pyridine rings is 1. The molecule has 0 saturated heterocycles. The van der Waals surface area contributed by atoms with Crippen molar-refractivity contribution in [1.82, 2.24) is 4.98 Å². The number of aromatic nitrogens is 1. The van der Waals surface area contributed by atoms with Crippen LogP contribution in [0.4, 0.5) is 0 Å². The lowest BCUT2D eigenvalue weighted by molar-refractivity contribution is 0.0994. The van der Waals surface area contributed by atoms with E-state index in [1.54, 1.807) is 12.1 Å². The number of nitrogens with two attached hydrogens (primary N) is 1. The number of hydrogen-bond donors (Lipinski definition) is 1. The number of amides is 1. The van der Waals surface area contributed by atoms with Gasteiger partial charge in [0.1, 0.15) is 5.69 Å². The number of carbonyl (C=O) groups excluding carboxylic acids is 1. The Kier molecular flexibility index (Phi) is 3.06. The van der Waals surface area contributed by atoms with Crippen molar-refractivity contribution in [2.75, 3.05) is 7.11 Å². The quantitative estimate of drug-likeness (QED) is 0.789. The third kappa shape index (κ3) is 2.22. The van der Waals surface area contributed by atoms with E-state index in [1.165, 1.54) is 7.11 Å². The highest BCUT2D eigenvalue weighted by atomic mass is 16.5. The molecule has 1 aromatic rings.